The highest BCUT2D eigenvalue weighted by Gasteiger charge is 2.15. The zero-order valence-electron chi connectivity index (χ0n) is 14.2. The fourth-order valence-corrected chi connectivity index (χ4v) is 3.73. The van der Waals surface area contributed by atoms with Gasteiger partial charge in [-0.1, -0.05) is 65.3 Å². The Balaban J connectivity index is 1.70. The average Bonchev–Trinajstić information content (AvgIpc) is 3.13. The highest BCUT2D eigenvalue weighted by Crippen LogP contribution is 2.34. The van der Waals surface area contributed by atoms with E-state index in [0.29, 0.717) is 10.0 Å². The molecule has 4 rings (SSSR count). The number of rotatable bonds is 5. The quantitative estimate of drug-likeness (QED) is 0.369. The van der Waals surface area contributed by atoms with E-state index in [1.54, 1.807) is 18.0 Å². The molecule has 2 aromatic carbocycles. The molecule has 0 aliphatic rings. The van der Waals surface area contributed by atoms with Gasteiger partial charge >= 0.3 is 0 Å². The number of benzene rings is 2. The SMILES string of the molecule is Clc1ccc(-c2nc(SCc3ccccn3)[nH]c2-c2ccc(Cl)cc2)cc1. The Bertz CT molecular complexity index is 966. The third kappa shape index (κ3) is 4.35. The number of pyridine rings is 1. The van der Waals surface area contributed by atoms with Crippen molar-refractivity contribution in [3.63, 3.8) is 0 Å². The van der Waals surface area contributed by atoms with E-state index in [1.165, 1.54) is 0 Å². The van der Waals surface area contributed by atoms with Gasteiger partial charge in [-0.2, -0.15) is 0 Å². The fraction of sp³-hybridized carbons (Fsp3) is 0.0476. The van der Waals surface area contributed by atoms with Crippen LogP contribution >= 0.6 is 35.0 Å². The molecule has 0 saturated carbocycles. The summed E-state index contributed by atoms with van der Waals surface area (Å²) in [7, 11) is 0. The minimum Gasteiger partial charge on any atom is -0.332 e. The Hall–Kier alpha value is -2.27. The number of nitrogens with zero attached hydrogens (tertiary/aromatic N) is 2. The number of hydrogen-bond acceptors (Lipinski definition) is 3. The monoisotopic (exact) mass is 411 g/mol. The molecule has 4 aromatic rings. The predicted molar refractivity (Wildman–Crippen MR) is 113 cm³/mol. The van der Waals surface area contributed by atoms with Crippen LogP contribution in [0.2, 0.25) is 10.0 Å². The zero-order valence-corrected chi connectivity index (χ0v) is 16.5. The summed E-state index contributed by atoms with van der Waals surface area (Å²) in [5.74, 6) is 0.745. The molecule has 3 nitrogen and oxygen atoms in total. The minimum atomic E-state index is 0.701. The van der Waals surface area contributed by atoms with Crippen molar-refractivity contribution < 1.29 is 0 Å². The molecule has 0 saturated heterocycles. The van der Waals surface area contributed by atoms with E-state index in [2.05, 4.69) is 9.97 Å². The molecular weight excluding hydrogens is 397 g/mol. The Labute approximate surface area is 171 Å². The molecule has 0 bridgehead atoms. The maximum atomic E-state index is 6.04. The van der Waals surface area contributed by atoms with E-state index >= 15 is 0 Å². The van der Waals surface area contributed by atoms with Gasteiger partial charge in [0, 0.05) is 33.1 Å². The van der Waals surface area contributed by atoms with Crippen LogP contribution in [0.25, 0.3) is 22.5 Å². The zero-order chi connectivity index (χ0) is 18.6. The third-order valence-corrected chi connectivity index (χ3v) is 5.43. The lowest BCUT2D eigenvalue weighted by molar-refractivity contribution is 1.05. The summed E-state index contributed by atoms with van der Waals surface area (Å²) in [4.78, 5) is 12.6. The van der Waals surface area contributed by atoms with Crippen LogP contribution in [-0.2, 0) is 5.75 Å². The summed E-state index contributed by atoms with van der Waals surface area (Å²) in [6.45, 7) is 0. The van der Waals surface area contributed by atoms with E-state index in [-0.39, 0.29) is 0 Å². The number of imidazole rings is 1. The molecule has 2 heterocycles. The van der Waals surface area contributed by atoms with Crippen molar-refractivity contribution in [1.29, 1.82) is 0 Å². The van der Waals surface area contributed by atoms with Crippen molar-refractivity contribution in [2.24, 2.45) is 0 Å². The first-order valence-electron chi connectivity index (χ1n) is 8.33. The van der Waals surface area contributed by atoms with Gasteiger partial charge in [-0.15, -0.1) is 0 Å². The lowest BCUT2D eigenvalue weighted by Crippen LogP contribution is -1.85. The van der Waals surface area contributed by atoms with E-state index in [9.17, 15) is 0 Å². The second kappa shape index (κ2) is 8.17. The second-order valence-corrected chi connectivity index (χ2v) is 7.73. The molecule has 0 spiro atoms. The Morgan fingerprint density at radius 2 is 1.48 bits per heavy atom. The number of aromatic nitrogens is 3. The first-order valence-corrected chi connectivity index (χ1v) is 10.1. The smallest absolute Gasteiger partial charge is 0.166 e. The van der Waals surface area contributed by atoms with Crippen molar-refractivity contribution in [2.45, 2.75) is 10.9 Å². The van der Waals surface area contributed by atoms with Gasteiger partial charge in [0.2, 0.25) is 0 Å². The summed E-state index contributed by atoms with van der Waals surface area (Å²) in [6, 6.07) is 21.4. The number of aromatic amines is 1. The standard InChI is InChI=1S/C21H15Cl2N3S/c22-16-8-4-14(5-9-16)19-20(15-6-10-17(23)11-7-15)26-21(25-19)27-13-18-3-1-2-12-24-18/h1-12H,13H2,(H,25,26). The number of hydrogen-bond donors (Lipinski definition) is 1. The molecule has 2 aromatic heterocycles. The molecule has 0 unspecified atom stereocenters. The maximum absolute atomic E-state index is 6.04. The summed E-state index contributed by atoms with van der Waals surface area (Å²) < 4.78 is 0. The van der Waals surface area contributed by atoms with Gasteiger partial charge in [0.25, 0.3) is 0 Å². The van der Waals surface area contributed by atoms with Crippen LogP contribution in [-0.4, -0.2) is 15.0 Å². The van der Waals surface area contributed by atoms with Gasteiger partial charge in [0.1, 0.15) is 0 Å². The van der Waals surface area contributed by atoms with E-state index < -0.39 is 0 Å². The lowest BCUT2D eigenvalue weighted by atomic mass is 10.1. The van der Waals surface area contributed by atoms with E-state index in [4.69, 9.17) is 28.2 Å². The van der Waals surface area contributed by atoms with Crippen molar-refractivity contribution in [3.8, 4) is 22.5 Å². The van der Waals surface area contributed by atoms with Gasteiger partial charge in [-0.05, 0) is 36.4 Å². The van der Waals surface area contributed by atoms with Crippen LogP contribution in [0.1, 0.15) is 5.69 Å². The summed E-state index contributed by atoms with van der Waals surface area (Å²) in [5.41, 5.74) is 4.89. The normalized spacial score (nSPS) is 10.9. The molecule has 0 radical (unpaired) electrons. The molecule has 6 heteroatoms. The van der Waals surface area contributed by atoms with Crippen LogP contribution < -0.4 is 0 Å². The van der Waals surface area contributed by atoms with E-state index in [0.717, 1.165) is 39.1 Å². The molecule has 0 aliphatic carbocycles. The van der Waals surface area contributed by atoms with Crippen molar-refractivity contribution >= 4 is 35.0 Å². The number of H-pyrrole nitrogens is 1. The second-order valence-electron chi connectivity index (χ2n) is 5.89. The lowest BCUT2D eigenvalue weighted by Gasteiger charge is -2.03. The van der Waals surface area contributed by atoms with Crippen LogP contribution in [0, 0.1) is 0 Å². The van der Waals surface area contributed by atoms with Gasteiger partial charge in [-0.25, -0.2) is 4.98 Å². The summed E-state index contributed by atoms with van der Waals surface area (Å²) in [6.07, 6.45) is 1.80. The topological polar surface area (TPSA) is 41.6 Å². The van der Waals surface area contributed by atoms with Gasteiger partial charge < -0.3 is 4.98 Å². The van der Waals surface area contributed by atoms with Crippen LogP contribution in [0.15, 0.2) is 78.1 Å². The van der Waals surface area contributed by atoms with Crippen LogP contribution in [0.3, 0.4) is 0 Å². The molecular formula is C21H15Cl2N3S. The Morgan fingerprint density at radius 1 is 0.815 bits per heavy atom. The Morgan fingerprint density at radius 3 is 2.11 bits per heavy atom. The highest BCUT2D eigenvalue weighted by molar-refractivity contribution is 7.98. The predicted octanol–water partition coefficient (Wildman–Crippen LogP) is 6.74. The largest absolute Gasteiger partial charge is 0.332 e. The van der Waals surface area contributed by atoms with Crippen molar-refractivity contribution in [1.82, 2.24) is 15.0 Å². The van der Waals surface area contributed by atoms with Crippen LogP contribution in [0.4, 0.5) is 0 Å². The average molecular weight is 412 g/mol. The molecule has 0 aliphatic heterocycles. The van der Waals surface area contributed by atoms with Gasteiger partial charge in [0.15, 0.2) is 5.16 Å². The minimum absolute atomic E-state index is 0.701. The Kier molecular flexibility index (Phi) is 5.48. The van der Waals surface area contributed by atoms with Crippen molar-refractivity contribution in [2.75, 3.05) is 0 Å². The van der Waals surface area contributed by atoms with Crippen molar-refractivity contribution in [3.05, 3.63) is 88.7 Å². The molecule has 0 amide bonds. The number of nitrogens with one attached hydrogen (secondary N) is 1. The summed E-state index contributed by atoms with van der Waals surface area (Å²) >= 11 is 13.7. The fourth-order valence-electron chi connectivity index (χ4n) is 2.69. The number of thioether (sulfide) groups is 1. The molecule has 0 atom stereocenters. The molecule has 0 fully saturated rings. The number of halogens is 2. The maximum Gasteiger partial charge on any atom is 0.166 e. The van der Waals surface area contributed by atoms with Gasteiger partial charge in [0.05, 0.1) is 17.1 Å². The highest BCUT2D eigenvalue weighted by atomic mass is 35.5. The third-order valence-electron chi connectivity index (χ3n) is 4.02. The first-order chi connectivity index (χ1) is 13.2. The first kappa shape index (κ1) is 18.1. The van der Waals surface area contributed by atoms with Gasteiger partial charge in [-0.3, -0.25) is 4.98 Å². The van der Waals surface area contributed by atoms with Crippen LogP contribution in [0.5, 0.6) is 0 Å². The molecule has 134 valence electrons. The van der Waals surface area contributed by atoms with E-state index in [1.807, 2.05) is 66.7 Å². The molecule has 1 N–H and O–H groups in total. The summed E-state index contributed by atoms with van der Waals surface area (Å²) in [5, 5.41) is 2.25. The molecule has 27 heavy (non-hydrogen) atoms.